The minimum absolute atomic E-state index is 0.388. The maximum Gasteiger partial charge on any atom is 0.299 e. The van der Waals surface area contributed by atoms with E-state index in [1.807, 2.05) is 36.4 Å². The van der Waals surface area contributed by atoms with Crippen LogP contribution in [0.1, 0.15) is 15.9 Å². The number of amides is 1. The fourth-order valence-corrected chi connectivity index (χ4v) is 3.13. The normalized spacial score (nSPS) is 13.8. The molecule has 0 unspecified atom stereocenters. The van der Waals surface area contributed by atoms with Crippen LogP contribution < -0.4 is 4.90 Å². The molecule has 20 heavy (non-hydrogen) atoms. The molecule has 3 nitrogen and oxygen atoms in total. The van der Waals surface area contributed by atoms with Crippen LogP contribution in [0.15, 0.2) is 46.9 Å². The molecular formula is C15H9BrINO2. The number of carbonyl (C=O) groups is 2. The van der Waals surface area contributed by atoms with Gasteiger partial charge < -0.3 is 4.90 Å². The molecule has 1 heterocycles. The van der Waals surface area contributed by atoms with Gasteiger partial charge in [0.15, 0.2) is 0 Å². The molecule has 1 aliphatic rings. The Morgan fingerprint density at radius 3 is 2.60 bits per heavy atom. The van der Waals surface area contributed by atoms with Gasteiger partial charge in [-0.15, -0.1) is 0 Å². The molecule has 0 saturated carbocycles. The number of nitrogens with zero attached hydrogens (tertiary/aromatic N) is 1. The lowest BCUT2D eigenvalue weighted by Crippen LogP contribution is -2.29. The quantitative estimate of drug-likeness (QED) is 0.525. The summed E-state index contributed by atoms with van der Waals surface area (Å²) >= 11 is 5.60. The zero-order valence-electron chi connectivity index (χ0n) is 10.3. The van der Waals surface area contributed by atoms with Gasteiger partial charge >= 0.3 is 0 Å². The van der Waals surface area contributed by atoms with E-state index in [0.29, 0.717) is 17.8 Å². The van der Waals surface area contributed by atoms with Crippen molar-refractivity contribution < 1.29 is 9.59 Å². The molecule has 0 spiro atoms. The Kier molecular flexibility index (Phi) is 3.64. The lowest BCUT2D eigenvalue weighted by Gasteiger charge is -2.17. The summed E-state index contributed by atoms with van der Waals surface area (Å²) in [6.07, 6.45) is 0. The number of hydrogen-bond acceptors (Lipinski definition) is 2. The summed E-state index contributed by atoms with van der Waals surface area (Å²) in [4.78, 5) is 25.7. The van der Waals surface area contributed by atoms with Crippen LogP contribution in [0.4, 0.5) is 5.69 Å². The fraction of sp³-hybridized carbons (Fsp3) is 0.0667. The number of anilines is 1. The van der Waals surface area contributed by atoms with Crippen molar-refractivity contribution >= 4 is 55.9 Å². The van der Waals surface area contributed by atoms with E-state index in [4.69, 9.17) is 0 Å². The van der Waals surface area contributed by atoms with E-state index >= 15 is 0 Å². The van der Waals surface area contributed by atoms with E-state index < -0.39 is 11.7 Å². The Hall–Kier alpha value is -1.21. The predicted octanol–water partition coefficient (Wildman–Crippen LogP) is 3.78. The van der Waals surface area contributed by atoms with Crippen LogP contribution in [0.3, 0.4) is 0 Å². The third-order valence-electron chi connectivity index (χ3n) is 3.22. The van der Waals surface area contributed by atoms with Crippen molar-refractivity contribution in [3.8, 4) is 0 Å². The second kappa shape index (κ2) is 5.29. The van der Waals surface area contributed by atoms with Crippen molar-refractivity contribution in [1.29, 1.82) is 0 Å². The zero-order chi connectivity index (χ0) is 14.3. The summed E-state index contributed by atoms with van der Waals surface area (Å²) in [7, 11) is 0. The predicted molar refractivity (Wildman–Crippen MR) is 88.8 cm³/mol. The summed E-state index contributed by atoms with van der Waals surface area (Å²) in [5, 5.41) is 0. The first kappa shape index (κ1) is 13.8. The molecule has 2 aromatic rings. The van der Waals surface area contributed by atoms with E-state index in [9.17, 15) is 9.59 Å². The van der Waals surface area contributed by atoms with Gasteiger partial charge in [0, 0.05) is 8.04 Å². The first-order valence-electron chi connectivity index (χ1n) is 5.97. The van der Waals surface area contributed by atoms with Gasteiger partial charge in [-0.2, -0.15) is 0 Å². The molecule has 0 saturated heterocycles. The van der Waals surface area contributed by atoms with E-state index in [-0.39, 0.29) is 0 Å². The number of Topliss-reactive ketones (excluding diaryl/α,β-unsaturated/α-hetero) is 1. The zero-order valence-corrected chi connectivity index (χ0v) is 14.0. The van der Waals surface area contributed by atoms with E-state index in [2.05, 4.69) is 38.5 Å². The molecule has 2 aromatic carbocycles. The van der Waals surface area contributed by atoms with Gasteiger partial charge in [-0.25, -0.2) is 0 Å². The molecule has 0 aliphatic carbocycles. The maximum absolute atomic E-state index is 12.1. The van der Waals surface area contributed by atoms with Gasteiger partial charge in [0.1, 0.15) is 0 Å². The van der Waals surface area contributed by atoms with Gasteiger partial charge in [0.25, 0.3) is 11.7 Å². The first-order chi connectivity index (χ1) is 9.58. The van der Waals surface area contributed by atoms with Gasteiger partial charge in [0.2, 0.25) is 0 Å². The van der Waals surface area contributed by atoms with Crippen LogP contribution in [0.25, 0.3) is 0 Å². The number of ketones is 1. The van der Waals surface area contributed by atoms with Crippen molar-refractivity contribution in [2.24, 2.45) is 0 Å². The minimum atomic E-state index is -0.460. The standard InChI is InChI=1S/C15H9BrINO2/c16-12-4-2-1-3-9(12)8-18-13-6-5-10(17)7-11(13)14(19)15(18)20/h1-7H,8H2. The summed E-state index contributed by atoms with van der Waals surface area (Å²) in [5.41, 5.74) is 2.16. The highest BCUT2D eigenvalue weighted by atomic mass is 127. The topological polar surface area (TPSA) is 37.4 Å². The monoisotopic (exact) mass is 441 g/mol. The molecule has 5 heteroatoms. The van der Waals surface area contributed by atoms with Gasteiger partial charge in [-0.3, -0.25) is 9.59 Å². The van der Waals surface area contributed by atoms with Crippen molar-refractivity contribution in [3.63, 3.8) is 0 Å². The molecule has 1 amide bonds. The average Bonchev–Trinajstić information content (AvgIpc) is 2.66. The van der Waals surface area contributed by atoms with Crippen LogP contribution in [-0.2, 0) is 11.3 Å². The molecule has 0 fully saturated rings. The molecule has 0 N–H and O–H groups in total. The molecule has 0 radical (unpaired) electrons. The molecule has 3 rings (SSSR count). The van der Waals surface area contributed by atoms with E-state index in [1.54, 1.807) is 6.07 Å². The number of benzene rings is 2. The number of fused-ring (bicyclic) bond motifs is 1. The van der Waals surface area contributed by atoms with Crippen LogP contribution in [0.5, 0.6) is 0 Å². The summed E-state index contributed by atoms with van der Waals surface area (Å²) < 4.78 is 1.88. The molecular weight excluding hydrogens is 433 g/mol. The molecule has 0 aromatic heterocycles. The van der Waals surface area contributed by atoms with E-state index in [0.717, 1.165) is 13.6 Å². The second-order valence-electron chi connectivity index (χ2n) is 4.47. The molecule has 0 bridgehead atoms. The van der Waals surface area contributed by atoms with Crippen LogP contribution in [0.2, 0.25) is 0 Å². The Balaban J connectivity index is 2.02. The van der Waals surface area contributed by atoms with Crippen molar-refractivity contribution in [2.45, 2.75) is 6.54 Å². The first-order valence-corrected chi connectivity index (χ1v) is 7.84. The van der Waals surface area contributed by atoms with Crippen LogP contribution in [-0.4, -0.2) is 11.7 Å². The smallest absolute Gasteiger partial charge is 0.299 e. The maximum atomic E-state index is 12.1. The summed E-state index contributed by atoms with van der Waals surface area (Å²) in [5.74, 6) is -0.886. The highest BCUT2D eigenvalue weighted by Crippen LogP contribution is 2.32. The minimum Gasteiger partial charge on any atom is -0.300 e. The van der Waals surface area contributed by atoms with Crippen molar-refractivity contribution in [2.75, 3.05) is 4.90 Å². The molecule has 0 atom stereocenters. The molecule has 1 aliphatic heterocycles. The highest BCUT2D eigenvalue weighted by molar-refractivity contribution is 14.1. The third kappa shape index (κ3) is 2.29. The number of halogens is 2. The van der Waals surface area contributed by atoms with Crippen molar-refractivity contribution in [1.82, 2.24) is 0 Å². The Labute approximate surface area is 138 Å². The SMILES string of the molecule is O=C1C(=O)N(Cc2ccccc2Br)c2ccc(I)cc21. The lowest BCUT2D eigenvalue weighted by molar-refractivity contribution is -0.114. The van der Waals surface area contributed by atoms with Gasteiger partial charge in [-0.1, -0.05) is 34.1 Å². The second-order valence-corrected chi connectivity index (χ2v) is 6.57. The van der Waals surface area contributed by atoms with Crippen LogP contribution in [0, 0.1) is 3.57 Å². The van der Waals surface area contributed by atoms with E-state index in [1.165, 1.54) is 4.90 Å². The van der Waals surface area contributed by atoms with Crippen LogP contribution >= 0.6 is 38.5 Å². The lowest BCUT2D eigenvalue weighted by atomic mass is 10.1. The van der Waals surface area contributed by atoms with Gasteiger partial charge in [0.05, 0.1) is 17.8 Å². The summed E-state index contributed by atoms with van der Waals surface area (Å²) in [6, 6.07) is 13.2. The van der Waals surface area contributed by atoms with Gasteiger partial charge in [-0.05, 0) is 52.4 Å². The Morgan fingerprint density at radius 1 is 1.10 bits per heavy atom. The largest absolute Gasteiger partial charge is 0.300 e. The molecule has 100 valence electrons. The number of hydrogen-bond donors (Lipinski definition) is 0. The Bertz CT molecular complexity index is 730. The Morgan fingerprint density at radius 2 is 1.85 bits per heavy atom. The number of rotatable bonds is 2. The summed E-state index contributed by atoms with van der Waals surface area (Å²) in [6.45, 7) is 0.388. The van der Waals surface area contributed by atoms with Crippen molar-refractivity contribution in [3.05, 3.63) is 61.6 Å². The average molecular weight is 442 g/mol. The fourth-order valence-electron chi connectivity index (χ4n) is 2.23. The third-order valence-corrected chi connectivity index (χ3v) is 4.66. The highest BCUT2D eigenvalue weighted by Gasteiger charge is 2.35. The number of carbonyl (C=O) groups excluding carboxylic acids is 2.